The van der Waals surface area contributed by atoms with Gasteiger partial charge in [0, 0.05) is 25.2 Å². The Morgan fingerprint density at radius 1 is 1.38 bits per heavy atom. The molecule has 84 valence electrons. The molecule has 2 rings (SSSR count). The Kier molecular flexibility index (Phi) is 2.86. The molecule has 0 bridgehead atoms. The van der Waals surface area contributed by atoms with Gasteiger partial charge in [-0.2, -0.15) is 0 Å². The number of hydrogen-bond donors (Lipinski definition) is 0. The Hall–Kier alpha value is -1.51. The first-order chi connectivity index (χ1) is 7.65. The van der Waals surface area contributed by atoms with Crippen molar-refractivity contribution in [3.8, 4) is 0 Å². The van der Waals surface area contributed by atoms with Crippen molar-refractivity contribution >= 4 is 11.6 Å². The number of rotatable bonds is 2. The van der Waals surface area contributed by atoms with E-state index < -0.39 is 5.41 Å². The van der Waals surface area contributed by atoms with E-state index in [0.29, 0.717) is 25.7 Å². The minimum absolute atomic E-state index is 0.146. The monoisotopic (exact) mass is 217 g/mol. The predicted octanol–water partition coefficient (Wildman–Crippen LogP) is 2.05. The Bertz CT molecular complexity index is 401. The second-order valence-corrected chi connectivity index (χ2v) is 4.42. The quantitative estimate of drug-likeness (QED) is 0.761. The molecule has 0 aromatic carbocycles. The second-order valence-electron chi connectivity index (χ2n) is 4.42. The third kappa shape index (κ3) is 1.77. The Morgan fingerprint density at radius 2 is 2.06 bits per heavy atom. The minimum atomic E-state index is -0.470. The van der Waals surface area contributed by atoms with E-state index in [1.54, 1.807) is 19.3 Å². The first-order valence-electron chi connectivity index (χ1n) is 5.58. The van der Waals surface area contributed by atoms with Crippen molar-refractivity contribution < 1.29 is 9.59 Å². The van der Waals surface area contributed by atoms with Crippen LogP contribution >= 0.6 is 0 Å². The van der Waals surface area contributed by atoms with Crippen molar-refractivity contribution in [3.05, 3.63) is 30.1 Å². The first kappa shape index (κ1) is 11.0. The van der Waals surface area contributed by atoms with Crippen LogP contribution in [0.4, 0.5) is 0 Å². The Balaban J connectivity index is 2.37. The van der Waals surface area contributed by atoms with Crippen LogP contribution in [0.5, 0.6) is 0 Å². The zero-order chi connectivity index (χ0) is 11.6. The molecule has 0 unspecified atom stereocenters. The van der Waals surface area contributed by atoms with Crippen LogP contribution in [0.25, 0.3) is 0 Å². The average molecular weight is 217 g/mol. The van der Waals surface area contributed by atoms with E-state index in [4.69, 9.17) is 0 Å². The van der Waals surface area contributed by atoms with Gasteiger partial charge in [0.25, 0.3) is 0 Å². The molecular weight excluding hydrogens is 202 g/mol. The molecule has 1 aromatic heterocycles. The highest BCUT2D eigenvalue weighted by Gasteiger charge is 2.40. The van der Waals surface area contributed by atoms with Crippen molar-refractivity contribution in [3.63, 3.8) is 0 Å². The topological polar surface area (TPSA) is 47.0 Å². The van der Waals surface area contributed by atoms with Crippen molar-refractivity contribution in [2.75, 3.05) is 0 Å². The number of aromatic nitrogens is 1. The summed E-state index contributed by atoms with van der Waals surface area (Å²) in [7, 11) is 0. The van der Waals surface area contributed by atoms with Crippen LogP contribution in [0, 0.1) is 0 Å². The highest BCUT2D eigenvalue weighted by Crippen LogP contribution is 2.38. The summed E-state index contributed by atoms with van der Waals surface area (Å²) in [5.41, 5.74) is 0.484. The molecule has 1 aliphatic rings. The number of Topliss-reactive ketones (excluding diaryl/α,β-unsaturated/α-hetero) is 2. The minimum Gasteiger partial charge on any atom is -0.300 e. The van der Waals surface area contributed by atoms with Gasteiger partial charge in [-0.15, -0.1) is 0 Å². The zero-order valence-corrected chi connectivity index (χ0v) is 9.40. The maximum atomic E-state index is 11.9. The number of carbonyl (C=O) groups excluding carboxylic acids is 2. The summed E-state index contributed by atoms with van der Waals surface area (Å²) in [6, 6.07) is 3.78. The summed E-state index contributed by atoms with van der Waals surface area (Å²) in [5.74, 6) is 0.411. The van der Waals surface area contributed by atoms with Crippen molar-refractivity contribution in [1.82, 2.24) is 4.98 Å². The van der Waals surface area contributed by atoms with E-state index in [1.165, 1.54) is 0 Å². The number of hydrogen-bond acceptors (Lipinski definition) is 3. The van der Waals surface area contributed by atoms with Crippen LogP contribution in [0.2, 0.25) is 0 Å². The van der Waals surface area contributed by atoms with Crippen LogP contribution in [-0.4, -0.2) is 16.6 Å². The summed E-state index contributed by atoms with van der Waals surface area (Å²) in [4.78, 5) is 27.2. The smallest absolute Gasteiger partial charge is 0.140 e. The van der Waals surface area contributed by atoms with Gasteiger partial charge < -0.3 is 0 Å². The van der Waals surface area contributed by atoms with Gasteiger partial charge >= 0.3 is 0 Å². The summed E-state index contributed by atoms with van der Waals surface area (Å²) in [6.07, 6.45) is 5.73. The van der Waals surface area contributed by atoms with E-state index >= 15 is 0 Å². The zero-order valence-electron chi connectivity index (χ0n) is 9.40. The summed E-state index contributed by atoms with van der Waals surface area (Å²) >= 11 is 0. The third-order valence-corrected chi connectivity index (χ3v) is 3.55. The number of ketones is 2. The van der Waals surface area contributed by atoms with E-state index in [0.717, 1.165) is 5.56 Å². The van der Waals surface area contributed by atoms with Gasteiger partial charge in [-0.25, -0.2) is 0 Å². The highest BCUT2D eigenvalue weighted by molar-refractivity contribution is 5.91. The largest absolute Gasteiger partial charge is 0.300 e. The molecule has 16 heavy (non-hydrogen) atoms. The molecule has 0 amide bonds. The van der Waals surface area contributed by atoms with Gasteiger partial charge in [0.2, 0.25) is 0 Å². The molecule has 0 radical (unpaired) electrons. The average Bonchev–Trinajstić information content (AvgIpc) is 2.31. The molecule has 1 fully saturated rings. The van der Waals surface area contributed by atoms with Crippen molar-refractivity contribution in [2.45, 2.75) is 38.0 Å². The molecule has 0 spiro atoms. The normalized spacial score (nSPS) is 19.4. The second kappa shape index (κ2) is 4.16. The van der Waals surface area contributed by atoms with Gasteiger partial charge in [-0.05, 0) is 31.4 Å². The number of carbonyl (C=O) groups is 2. The number of nitrogens with zero attached hydrogens (tertiary/aromatic N) is 1. The lowest BCUT2D eigenvalue weighted by Gasteiger charge is -2.34. The van der Waals surface area contributed by atoms with E-state index in [2.05, 4.69) is 4.98 Å². The van der Waals surface area contributed by atoms with Crippen LogP contribution in [0.1, 0.15) is 38.2 Å². The lowest BCUT2D eigenvalue weighted by atomic mass is 9.67. The van der Waals surface area contributed by atoms with Gasteiger partial charge in [0.1, 0.15) is 11.6 Å². The lowest BCUT2D eigenvalue weighted by Crippen LogP contribution is -2.38. The highest BCUT2D eigenvalue weighted by atomic mass is 16.1. The number of pyridine rings is 1. The molecule has 1 aliphatic carbocycles. The fraction of sp³-hybridized carbons (Fsp3) is 0.462. The molecule has 1 heterocycles. The molecule has 0 atom stereocenters. The maximum absolute atomic E-state index is 11.9. The molecule has 3 nitrogen and oxygen atoms in total. The van der Waals surface area contributed by atoms with Crippen molar-refractivity contribution in [2.24, 2.45) is 0 Å². The van der Waals surface area contributed by atoms with Crippen molar-refractivity contribution in [1.29, 1.82) is 0 Å². The fourth-order valence-electron chi connectivity index (χ4n) is 2.45. The lowest BCUT2D eigenvalue weighted by molar-refractivity contribution is -0.127. The van der Waals surface area contributed by atoms with E-state index in [1.807, 2.05) is 12.1 Å². The van der Waals surface area contributed by atoms with Crippen LogP contribution in [-0.2, 0) is 15.0 Å². The Labute approximate surface area is 94.9 Å². The van der Waals surface area contributed by atoms with Crippen LogP contribution < -0.4 is 0 Å². The van der Waals surface area contributed by atoms with E-state index in [-0.39, 0.29) is 11.6 Å². The summed E-state index contributed by atoms with van der Waals surface area (Å²) in [5, 5.41) is 0. The molecule has 3 heteroatoms. The van der Waals surface area contributed by atoms with Crippen LogP contribution in [0.3, 0.4) is 0 Å². The molecule has 1 aromatic rings. The third-order valence-electron chi connectivity index (χ3n) is 3.55. The summed E-state index contributed by atoms with van der Waals surface area (Å²) in [6.45, 7) is 1.61. The molecular formula is C13H15NO2. The first-order valence-corrected chi connectivity index (χ1v) is 5.58. The van der Waals surface area contributed by atoms with Gasteiger partial charge in [-0.3, -0.25) is 14.6 Å². The standard InChI is InChI=1S/C13H15NO2/c1-10(15)13(6-4-12(16)5-7-13)11-3-2-8-14-9-11/h2-3,8-9H,4-7H2,1H3. The van der Waals surface area contributed by atoms with Gasteiger partial charge in [0.15, 0.2) is 0 Å². The molecule has 0 N–H and O–H groups in total. The maximum Gasteiger partial charge on any atom is 0.140 e. The predicted molar refractivity (Wildman–Crippen MR) is 60.1 cm³/mol. The van der Waals surface area contributed by atoms with Crippen LogP contribution in [0.15, 0.2) is 24.5 Å². The molecule has 0 aliphatic heterocycles. The fourth-order valence-corrected chi connectivity index (χ4v) is 2.45. The molecule has 1 saturated carbocycles. The summed E-state index contributed by atoms with van der Waals surface area (Å²) < 4.78 is 0. The van der Waals surface area contributed by atoms with Gasteiger partial charge in [0.05, 0.1) is 5.41 Å². The SMILES string of the molecule is CC(=O)C1(c2cccnc2)CCC(=O)CC1. The van der Waals surface area contributed by atoms with Gasteiger partial charge in [-0.1, -0.05) is 6.07 Å². The Morgan fingerprint density at radius 3 is 2.56 bits per heavy atom. The molecule has 0 saturated heterocycles. The van der Waals surface area contributed by atoms with E-state index in [9.17, 15) is 9.59 Å².